The topological polar surface area (TPSA) is 60.9 Å². The van der Waals surface area contributed by atoms with E-state index in [4.69, 9.17) is 0 Å². The third kappa shape index (κ3) is 1.95. The van der Waals surface area contributed by atoms with Crippen molar-refractivity contribution in [3.63, 3.8) is 0 Å². The number of nitrogens with zero attached hydrogens (tertiary/aromatic N) is 2. The lowest BCUT2D eigenvalue weighted by Gasteiger charge is -2.17. The van der Waals surface area contributed by atoms with Gasteiger partial charge >= 0.3 is 6.03 Å². The number of phenols is 1. The molecule has 0 aliphatic carbocycles. The smallest absolute Gasteiger partial charge is 0.331 e. The number of aromatic hydroxyl groups is 1. The number of hydrogen-bond donors (Lipinski definition) is 1. The molecule has 1 aromatic carbocycles. The molecule has 2 rings (SSSR count). The van der Waals surface area contributed by atoms with Gasteiger partial charge in [-0.25, -0.2) is 4.79 Å². The van der Waals surface area contributed by atoms with Crippen molar-refractivity contribution >= 4 is 17.6 Å². The number of carbonyl (C=O) groups is 2. The average Bonchev–Trinajstić information content (AvgIpc) is 2.58. The molecule has 0 radical (unpaired) electrons. The summed E-state index contributed by atoms with van der Waals surface area (Å²) in [6.07, 6.45) is 0.728. The summed E-state index contributed by atoms with van der Waals surface area (Å²) in [6.45, 7) is 2.32. The fourth-order valence-electron chi connectivity index (χ4n) is 1.87. The minimum absolute atomic E-state index is 0.00356. The summed E-state index contributed by atoms with van der Waals surface area (Å²) in [4.78, 5) is 26.1. The molecule has 0 bridgehead atoms. The predicted molar refractivity (Wildman–Crippen MR) is 62.9 cm³/mol. The van der Waals surface area contributed by atoms with Gasteiger partial charge in [0, 0.05) is 6.54 Å². The molecular weight excluding hydrogens is 220 g/mol. The highest BCUT2D eigenvalue weighted by atomic mass is 16.3. The van der Waals surface area contributed by atoms with Crippen LogP contribution in [0, 0.1) is 0 Å². The average molecular weight is 234 g/mol. The summed E-state index contributed by atoms with van der Waals surface area (Å²) in [7, 11) is 0. The van der Waals surface area contributed by atoms with Gasteiger partial charge in [-0.15, -0.1) is 0 Å². The Morgan fingerprint density at radius 3 is 2.65 bits per heavy atom. The summed E-state index contributed by atoms with van der Waals surface area (Å²) in [5, 5.41) is 9.67. The maximum absolute atomic E-state index is 12.0. The van der Waals surface area contributed by atoms with Crippen molar-refractivity contribution in [3.8, 4) is 5.75 Å². The van der Waals surface area contributed by atoms with Crippen LogP contribution in [0.4, 0.5) is 10.5 Å². The van der Waals surface area contributed by atoms with Gasteiger partial charge in [0.05, 0.1) is 5.69 Å². The van der Waals surface area contributed by atoms with Crippen LogP contribution in [0.5, 0.6) is 5.75 Å². The quantitative estimate of drug-likeness (QED) is 0.807. The van der Waals surface area contributed by atoms with Crippen molar-refractivity contribution in [1.29, 1.82) is 0 Å². The molecule has 1 fully saturated rings. The van der Waals surface area contributed by atoms with Crippen LogP contribution in [-0.2, 0) is 4.79 Å². The van der Waals surface area contributed by atoms with Crippen LogP contribution in [0.3, 0.4) is 0 Å². The van der Waals surface area contributed by atoms with Gasteiger partial charge in [-0.1, -0.05) is 19.1 Å². The van der Waals surface area contributed by atoms with Gasteiger partial charge in [0.2, 0.25) is 0 Å². The summed E-state index contributed by atoms with van der Waals surface area (Å²) in [6, 6.07) is 6.14. The van der Waals surface area contributed by atoms with Gasteiger partial charge in [-0.05, 0) is 18.6 Å². The van der Waals surface area contributed by atoms with E-state index in [0.29, 0.717) is 12.2 Å². The van der Waals surface area contributed by atoms with Gasteiger partial charge in [-0.2, -0.15) is 0 Å². The number of para-hydroxylation sites is 2. The molecule has 0 saturated carbocycles. The first kappa shape index (κ1) is 11.4. The molecule has 0 atom stereocenters. The van der Waals surface area contributed by atoms with E-state index in [2.05, 4.69) is 0 Å². The molecular formula is C12H14N2O3. The Hall–Kier alpha value is -2.04. The number of carbonyl (C=O) groups excluding carboxylic acids is 2. The van der Waals surface area contributed by atoms with Gasteiger partial charge in [0.1, 0.15) is 12.3 Å². The van der Waals surface area contributed by atoms with E-state index in [1.165, 1.54) is 15.9 Å². The minimum Gasteiger partial charge on any atom is -0.506 e. The van der Waals surface area contributed by atoms with E-state index in [0.717, 1.165) is 6.42 Å². The third-order valence-corrected chi connectivity index (χ3v) is 2.68. The van der Waals surface area contributed by atoms with Gasteiger partial charge in [-0.3, -0.25) is 14.6 Å². The predicted octanol–water partition coefficient (Wildman–Crippen LogP) is 1.57. The second-order valence-corrected chi connectivity index (χ2v) is 3.90. The molecule has 0 aromatic heterocycles. The molecule has 0 unspecified atom stereocenters. The Kier molecular flexibility index (Phi) is 2.99. The number of hydrogen-bond acceptors (Lipinski definition) is 3. The molecule has 5 nitrogen and oxygen atoms in total. The van der Waals surface area contributed by atoms with Crippen LogP contribution < -0.4 is 4.90 Å². The molecule has 1 aromatic rings. The lowest BCUT2D eigenvalue weighted by molar-refractivity contribution is -0.124. The number of phenolic OH excluding ortho intramolecular Hbond substituents is 1. The number of benzene rings is 1. The van der Waals surface area contributed by atoms with E-state index >= 15 is 0 Å². The molecule has 1 aliphatic rings. The zero-order valence-electron chi connectivity index (χ0n) is 9.59. The van der Waals surface area contributed by atoms with E-state index in [1.807, 2.05) is 6.92 Å². The Morgan fingerprint density at radius 2 is 2.00 bits per heavy atom. The zero-order chi connectivity index (χ0) is 12.4. The van der Waals surface area contributed by atoms with Crippen LogP contribution >= 0.6 is 0 Å². The highest BCUT2D eigenvalue weighted by molar-refractivity contribution is 6.12. The van der Waals surface area contributed by atoms with Gasteiger partial charge in [0.15, 0.2) is 0 Å². The number of anilines is 1. The lowest BCUT2D eigenvalue weighted by Crippen LogP contribution is -2.33. The van der Waals surface area contributed by atoms with E-state index in [9.17, 15) is 14.7 Å². The number of urea groups is 1. The van der Waals surface area contributed by atoms with E-state index < -0.39 is 0 Å². The Bertz CT molecular complexity index is 459. The fourth-order valence-corrected chi connectivity index (χ4v) is 1.87. The minimum atomic E-state index is -0.363. The summed E-state index contributed by atoms with van der Waals surface area (Å²) >= 11 is 0. The van der Waals surface area contributed by atoms with E-state index in [1.54, 1.807) is 18.2 Å². The second kappa shape index (κ2) is 4.45. The molecule has 1 heterocycles. The van der Waals surface area contributed by atoms with Gasteiger partial charge in [0.25, 0.3) is 5.91 Å². The SMILES string of the molecule is CCCN1C(=O)CN(c2ccccc2O)C1=O. The van der Waals surface area contributed by atoms with Crippen LogP contribution in [-0.4, -0.2) is 35.0 Å². The first-order valence-corrected chi connectivity index (χ1v) is 5.55. The molecule has 5 heteroatoms. The van der Waals surface area contributed by atoms with Crippen LogP contribution in [0.1, 0.15) is 13.3 Å². The summed E-state index contributed by atoms with van der Waals surface area (Å²) < 4.78 is 0. The molecule has 1 saturated heterocycles. The van der Waals surface area contributed by atoms with E-state index in [-0.39, 0.29) is 24.2 Å². The first-order valence-electron chi connectivity index (χ1n) is 5.55. The van der Waals surface area contributed by atoms with Crippen molar-refractivity contribution in [3.05, 3.63) is 24.3 Å². The standard InChI is InChI=1S/C12H14N2O3/c1-2-7-13-11(16)8-14(12(13)17)9-5-3-4-6-10(9)15/h3-6,15H,2,7-8H2,1H3. The monoisotopic (exact) mass is 234 g/mol. The summed E-state index contributed by atoms with van der Waals surface area (Å²) in [5.74, 6) is -0.216. The fraction of sp³-hybridized carbons (Fsp3) is 0.333. The molecule has 1 N–H and O–H groups in total. The second-order valence-electron chi connectivity index (χ2n) is 3.90. The van der Waals surface area contributed by atoms with Crippen molar-refractivity contribution in [1.82, 2.24) is 4.90 Å². The lowest BCUT2D eigenvalue weighted by atomic mass is 10.3. The number of amides is 3. The highest BCUT2D eigenvalue weighted by Crippen LogP contribution is 2.29. The molecule has 90 valence electrons. The van der Waals surface area contributed by atoms with Gasteiger partial charge < -0.3 is 5.11 Å². The normalized spacial score (nSPS) is 15.8. The van der Waals surface area contributed by atoms with Crippen molar-refractivity contribution < 1.29 is 14.7 Å². The van der Waals surface area contributed by atoms with Crippen LogP contribution in [0.15, 0.2) is 24.3 Å². The maximum atomic E-state index is 12.0. The largest absolute Gasteiger partial charge is 0.506 e. The number of rotatable bonds is 3. The molecule has 0 spiro atoms. The Morgan fingerprint density at radius 1 is 1.29 bits per heavy atom. The van der Waals surface area contributed by atoms with Crippen LogP contribution in [0.2, 0.25) is 0 Å². The summed E-state index contributed by atoms with van der Waals surface area (Å²) in [5.41, 5.74) is 0.379. The maximum Gasteiger partial charge on any atom is 0.331 e. The number of imide groups is 1. The van der Waals surface area contributed by atoms with Crippen molar-refractivity contribution in [2.24, 2.45) is 0 Å². The highest BCUT2D eigenvalue weighted by Gasteiger charge is 2.37. The first-order chi connectivity index (χ1) is 8.15. The molecule has 17 heavy (non-hydrogen) atoms. The zero-order valence-corrected chi connectivity index (χ0v) is 9.59. The Balaban J connectivity index is 2.28. The van der Waals surface area contributed by atoms with Crippen LogP contribution in [0.25, 0.3) is 0 Å². The van der Waals surface area contributed by atoms with Crippen molar-refractivity contribution in [2.45, 2.75) is 13.3 Å². The Labute approximate surface area is 99.3 Å². The van der Waals surface area contributed by atoms with Crippen molar-refractivity contribution in [2.75, 3.05) is 18.0 Å². The molecule has 1 aliphatic heterocycles. The third-order valence-electron chi connectivity index (χ3n) is 2.68. The molecule has 3 amide bonds.